The van der Waals surface area contributed by atoms with Crippen LogP contribution in [-0.4, -0.2) is 55.1 Å². The molecule has 3 aromatic rings. The number of nitrogen functional groups attached to an aromatic ring is 1. The second kappa shape index (κ2) is 11.8. The molecule has 0 spiro atoms. The summed E-state index contributed by atoms with van der Waals surface area (Å²) in [6, 6.07) is 0. The minimum Gasteiger partial charge on any atom is -0.461 e. The van der Waals surface area contributed by atoms with Crippen molar-refractivity contribution in [2.45, 2.75) is 27.7 Å². The van der Waals surface area contributed by atoms with Gasteiger partial charge in [-0.1, -0.05) is 0 Å². The Labute approximate surface area is 184 Å². The molecule has 168 valence electrons. The lowest BCUT2D eigenvalue weighted by atomic mass is 10.3. The Hall–Kier alpha value is -4.22. The third-order valence-electron chi connectivity index (χ3n) is 3.58. The average molecular weight is 440 g/mol. The van der Waals surface area contributed by atoms with Gasteiger partial charge in [-0.05, 0) is 27.7 Å². The highest BCUT2D eigenvalue weighted by Crippen LogP contribution is 2.16. The molecule has 0 saturated heterocycles. The van der Waals surface area contributed by atoms with Gasteiger partial charge in [-0.2, -0.15) is 0 Å². The maximum atomic E-state index is 11.8. The van der Waals surface area contributed by atoms with Gasteiger partial charge in [0, 0.05) is 0 Å². The van der Waals surface area contributed by atoms with E-state index in [9.17, 15) is 9.59 Å². The van der Waals surface area contributed by atoms with Crippen LogP contribution in [-0.2, 0) is 9.47 Å². The number of aryl methyl sites for hydroxylation is 2. The van der Waals surface area contributed by atoms with Crippen LogP contribution in [0.2, 0.25) is 0 Å². The lowest BCUT2D eigenvalue weighted by Crippen LogP contribution is -2.12. The van der Waals surface area contributed by atoms with Crippen LogP contribution < -0.4 is 11.1 Å². The highest BCUT2D eigenvalue weighted by Gasteiger charge is 2.16. The van der Waals surface area contributed by atoms with Crippen LogP contribution in [0, 0.1) is 13.8 Å². The SMILES string of the molecule is CCOC(=O)c1nc(C)cnc1N.CCOC(=O)c1nc(C)cnc1Nc1cncnc1. The van der Waals surface area contributed by atoms with Crippen LogP contribution in [0.4, 0.5) is 17.3 Å². The van der Waals surface area contributed by atoms with E-state index in [4.69, 9.17) is 15.2 Å². The number of esters is 2. The van der Waals surface area contributed by atoms with Gasteiger partial charge in [0.2, 0.25) is 0 Å². The molecule has 0 aliphatic carbocycles. The van der Waals surface area contributed by atoms with Crippen molar-refractivity contribution in [3.8, 4) is 0 Å². The predicted molar refractivity (Wildman–Crippen MR) is 115 cm³/mol. The first kappa shape index (κ1) is 24.1. The Morgan fingerprint density at radius 3 is 2.00 bits per heavy atom. The zero-order valence-corrected chi connectivity index (χ0v) is 18.2. The molecule has 0 aliphatic heterocycles. The monoisotopic (exact) mass is 440 g/mol. The standard InChI is InChI=1S/C12H13N5O2.C8H11N3O2/c1-3-19-12(18)10-11(15-4-8(2)16-10)17-9-5-13-7-14-6-9;1-3-13-8(12)6-7(9)10-4-5(2)11-6/h4-7H,3H2,1-2H3,(H,15,17);4H,3H2,1-2H3,(H2,9,10). The smallest absolute Gasteiger partial charge is 0.360 e. The topological polar surface area (TPSA) is 168 Å². The zero-order chi connectivity index (χ0) is 23.5. The van der Waals surface area contributed by atoms with Crippen LogP contribution >= 0.6 is 0 Å². The number of ether oxygens (including phenoxy) is 2. The summed E-state index contributed by atoms with van der Waals surface area (Å²) >= 11 is 0. The number of anilines is 3. The van der Waals surface area contributed by atoms with Crippen LogP contribution in [0.25, 0.3) is 0 Å². The van der Waals surface area contributed by atoms with E-state index in [2.05, 4.69) is 35.2 Å². The van der Waals surface area contributed by atoms with Crippen molar-refractivity contribution >= 4 is 29.3 Å². The van der Waals surface area contributed by atoms with Crippen molar-refractivity contribution in [2.75, 3.05) is 24.3 Å². The van der Waals surface area contributed by atoms with E-state index >= 15 is 0 Å². The number of aromatic nitrogens is 6. The Kier molecular flexibility index (Phi) is 8.90. The molecule has 12 nitrogen and oxygen atoms in total. The highest BCUT2D eigenvalue weighted by atomic mass is 16.5. The summed E-state index contributed by atoms with van der Waals surface area (Å²) in [6.07, 6.45) is 7.62. The molecule has 0 aromatic carbocycles. The Balaban J connectivity index is 0.000000244. The summed E-state index contributed by atoms with van der Waals surface area (Å²) in [5.74, 6) is -0.628. The molecule has 3 rings (SSSR count). The summed E-state index contributed by atoms with van der Waals surface area (Å²) < 4.78 is 9.69. The average Bonchev–Trinajstić information content (AvgIpc) is 2.78. The predicted octanol–water partition coefficient (Wildman–Crippen LogP) is 2.04. The first-order valence-corrected chi connectivity index (χ1v) is 9.64. The lowest BCUT2D eigenvalue weighted by molar-refractivity contribution is 0.0510. The molecule has 12 heteroatoms. The molecule has 0 bridgehead atoms. The summed E-state index contributed by atoms with van der Waals surface area (Å²) in [5.41, 5.74) is 7.57. The molecule has 0 fully saturated rings. The minimum atomic E-state index is -0.531. The van der Waals surface area contributed by atoms with Crippen LogP contribution in [0.1, 0.15) is 46.2 Å². The quantitative estimate of drug-likeness (QED) is 0.536. The van der Waals surface area contributed by atoms with E-state index in [1.165, 1.54) is 12.5 Å². The number of nitrogens with one attached hydrogen (secondary N) is 1. The second-order valence-electron chi connectivity index (χ2n) is 6.15. The van der Waals surface area contributed by atoms with Gasteiger partial charge in [0.1, 0.15) is 6.33 Å². The van der Waals surface area contributed by atoms with Gasteiger partial charge < -0.3 is 20.5 Å². The summed E-state index contributed by atoms with van der Waals surface area (Å²) in [4.78, 5) is 46.8. The van der Waals surface area contributed by atoms with Crippen molar-refractivity contribution in [1.82, 2.24) is 29.9 Å². The molecule has 0 radical (unpaired) electrons. The fourth-order valence-corrected chi connectivity index (χ4v) is 2.25. The van der Waals surface area contributed by atoms with E-state index < -0.39 is 11.9 Å². The molecule has 3 aromatic heterocycles. The maximum absolute atomic E-state index is 11.8. The summed E-state index contributed by atoms with van der Waals surface area (Å²) in [6.45, 7) is 7.52. The lowest BCUT2D eigenvalue weighted by Gasteiger charge is -2.09. The fraction of sp³-hybridized carbons (Fsp3) is 0.300. The Bertz CT molecular complexity index is 1060. The maximum Gasteiger partial charge on any atom is 0.360 e. The van der Waals surface area contributed by atoms with Crippen molar-refractivity contribution < 1.29 is 19.1 Å². The molecular weight excluding hydrogens is 416 g/mol. The number of hydrogen-bond donors (Lipinski definition) is 2. The van der Waals surface area contributed by atoms with E-state index in [0.29, 0.717) is 29.5 Å². The number of nitrogens with two attached hydrogens (primary N) is 1. The number of carbonyl (C=O) groups excluding carboxylic acids is 2. The molecule has 0 unspecified atom stereocenters. The third-order valence-corrected chi connectivity index (χ3v) is 3.58. The normalized spacial score (nSPS) is 9.88. The van der Waals surface area contributed by atoms with Crippen LogP contribution in [0.3, 0.4) is 0 Å². The van der Waals surface area contributed by atoms with Gasteiger partial charge in [0.05, 0.1) is 55.1 Å². The molecular formula is C20H24N8O4. The minimum absolute atomic E-state index is 0.0850. The zero-order valence-electron chi connectivity index (χ0n) is 18.2. The molecule has 32 heavy (non-hydrogen) atoms. The van der Waals surface area contributed by atoms with E-state index in [0.717, 1.165) is 0 Å². The molecule has 3 N–H and O–H groups in total. The number of nitrogens with zero attached hydrogens (tertiary/aromatic N) is 6. The van der Waals surface area contributed by atoms with E-state index in [1.54, 1.807) is 46.3 Å². The second-order valence-corrected chi connectivity index (χ2v) is 6.15. The van der Waals surface area contributed by atoms with Gasteiger partial charge in [0.25, 0.3) is 0 Å². The van der Waals surface area contributed by atoms with Gasteiger partial charge in [-0.25, -0.2) is 39.5 Å². The van der Waals surface area contributed by atoms with E-state index in [-0.39, 0.29) is 23.8 Å². The molecule has 0 amide bonds. The van der Waals surface area contributed by atoms with Crippen LogP contribution in [0.5, 0.6) is 0 Å². The van der Waals surface area contributed by atoms with Gasteiger partial charge in [0.15, 0.2) is 23.0 Å². The number of rotatable bonds is 6. The van der Waals surface area contributed by atoms with Crippen molar-refractivity contribution in [1.29, 1.82) is 0 Å². The molecule has 0 atom stereocenters. The first-order valence-electron chi connectivity index (χ1n) is 9.64. The summed E-state index contributed by atoms with van der Waals surface area (Å²) in [5, 5.41) is 2.94. The highest BCUT2D eigenvalue weighted by molar-refractivity contribution is 5.93. The molecule has 3 heterocycles. The number of hydrogen-bond acceptors (Lipinski definition) is 12. The van der Waals surface area contributed by atoms with Crippen molar-refractivity contribution in [3.05, 3.63) is 53.9 Å². The number of carbonyl (C=O) groups is 2. The third kappa shape index (κ3) is 6.93. The fourth-order valence-electron chi connectivity index (χ4n) is 2.25. The Morgan fingerprint density at radius 2 is 1.41 bits per heavy atom. The van der Waals surface area contributed by atoms with Gasteiger partial charge in [-0.3, -0.25) is 0 Å². The van der Waals surface area contributed by atoms with Crippen LogP contribution in [0.15, 0.2) is 31.1 Å². The molecule has 0 aliphatic rings. The van der Waals surface area contributed by atoms with Gasteiger partial charge in [-0.15, -0.1) is 0 Å². The van der Waals surface area contributed by atoms with E-state index in [1.807, 2.05) is 0 Å². The summed E-state index contributed by atoms with van der Waals surface area (Å²) in [7, 11) is 0. The van der Waals surface area contributed by atoms with Crippen molar-refractivity contribution in [3.63, 3.8) is 0 Å². The molecule has 0 saturated carbocycles. The Morgan fingerprint density at radius 1 is 0.875 bits per heavy atom. The first-order chi connectivity index (χ1) is 15.3. The largest absolute Gasteiger partial charge is 0.461 e. The van der Waals surface area contributed by atoms with Crippen molar-refractivity contribution in [2.24, 2.45) is 0 Å². The van der Waals surface area contributed by atoms with Gasteiger partial charge >= 0.3 is 11.9 Å².